The van der Waals surface area contributed by atoms with Crippen molar-refractivity contribution in [1.29, 1.82) is 0 Å². The van der Waals surface area contributed by atoms with Crippen molar-refractivity contribution in [2.24, 2.45) is 23.2 Å². The van der Waals surface area contributed by atoms with Crippen molar-refractivity contribution in [3.63, 3.8) is 0 Å². The molecule has 0 aromatic rings. The normalized spacial score (nSPS) is 37.6. The van der Waals surface area contributed by atoms with Gasteiger partial charge in [0.25, 0.3) is 0 Å². The Kier molecular flexibility index (Phi) is 3.52. The SMILES string of the molecule is COC(=O)C1C=C2C=C(O)CCC2(C)C2=C1C1=CCC(C)C1CC2. The minimum absolute atomic E-state index is 0.0519. The predicted molar refractivity (Wildman–Crippen MR) is 93.3 cm³/mol. The van der Waals surface area contributed by atoms with Gasteiger partial charge in [-0.05, 0) is 60.3 Å². The van der Waals surface area contributed by atoms with E-state index in [0.29, 0.717) is 24.0 Å². The number of carbonyl (C=O) groups is 1. The van der Waals surface area contributed by atoms with Gasteiger partial charge in [-0.15, -0.1) is 0 Å². The number of fused-ring (bicyclic) bond motifs is 4. The largest absolute Gasteiger partial charge is 0.512 e. The van der Waals surface area contributed by atoms with E-state index in [1.54, 1.807) is 0 Å². The van der Waals surface area contributed by atoms with Gasteiger partial charge in [0.05, 0.1) is 12.9 Å². The van der Waals surface area contributed by atoms with Crippen LogP contribution in [0.5, 0.6) is 0 Å². The third-order valence-corrected chi connectivity index (χ3v) is 6.76. The fourth-order valence-electron chi connectivity index (χ4n) is 5.30. The van der Waals surface area contributed by atoms with Crippen LogP contribution >= 0.6 is 0 Å². The molecule has 4 rings (SSSR count). The molecule has 0 radical (unpaired) electrons. The topological polar surface area (TPSA) is 46.5 Å². The first-order valence-corrected chi connectivity index (χ1v) is 9.09. The fourth-order valence-corrected chi connectivity index (χ4v) is 5.30. The zero-order valence-corrected chi connectivity index (χ0v) is 14.8. The number of ether oxygens (including phenoxy) is 1. The molecule has 0 spiro atoms. The van der Waals surface area contributed by atoms with Crippen LogP contribution in [0.3, 0.4) is 0 Å². The molecule has 0 saturated carbocycles. The number of aliphatic hydroxyl groups is 1. The predicted octanol–water partition coefficient (Wildman–Crippen LogP) is 4.63. The number of hydrogen-bond donors (Lipinski definition) is 1. The van der Waals surface area contributed by atoms with Gasteiger partial charge >= 0.3 is 5.97 Å². The highest BCUT2D eigenvalue weighted by Crippen LogP contribution is 2.58. The Hall–Kier alpha value is -1.77. The fraction of sp³-hybridized carbons (Fsp3) is 0.571. The Morgan fingerprint density at radius 1 is 1.38 bits per heavy atom. The maximum absolute atomic E-state index is 12.5. The van der Waals surface area contributed by atoms with Gasteiger partial charge in [-0.25, -0.2) is 0 Å². The molecular formula is C21H26O3. The molecule has 3 nitrogen and oxygen atoms in total. The van der Waals surface area contributed by atoms with Crippen LogP contribution < -0.4 is 0 Å². The lowest BCUT2D eigenvalue weighted by Crippen LogP contribution is -2.37. The molecule has 0 aliphatic heterocycles. The van der Waals surface area contributed by atoms with Crippen molar-refractivity contribution < 1.29 is 14.6 Å². The molecule has 128 valence electrons. The van der Waals surface area contributed by atoms with Gasteiger partial charge in [-0.1, -0.05) is 31.6 Å². The van der Waals surface area contributed by atoms with Gasteiger partial charge in [0.15, 0.2) is 0 Å². The van der Waals surface area contributed by atoms with E-state index in [-0.39, 0.29) is 17.3 Å². The van der Waals surface area contributed by atoms with Crippen LogP contribution in [0.4, 0.5) is 0 Å². The Morgan fingerprint density at radius 2 is 2.17 bits per heavy atom. The summed E-state index contributed by atoms with van der Waals surface area (Å²) in [5, 5.41) is 10.0. The highest BCUT2D eigenvalue weighted by atomic mass is 16.5. The smallest absolute Gasteiger partial charge is 0.317 e. The Morgan fingerprint density at radius 3 is 2.92 bits per heavy atom. The van der Waals surface area contributed by atoms with Crippen molar-refractivity contribution >= 4 is 5.97 Å². The number of esters is 1. The van der Waals surface area contributed by atoms with E-state index < -0.39 is 0 Å². The summed E-state index contributed by atoms with van der Waals surface area (Å²) in [4.78, 5) is 12.5. The second-order valence-electron chi connectivity index (χ2n) is 8.00. The lowest BCUT2D eigenvalue weighted by atomic mass is 9.57. The molecule has 0 aromatic heterocycles. The van der Waals surface area contributed by atoms with Crippen LogP contribution in [-0.2, 0) is 9.53 Å². The van der Waals surface area contributed by atoms with Crippen molar-refractivity contribution in [3.8, 4) is 0 Å². The molecule has 4 aliphatic carbocycles. The third-order valence-electron chi connectivity index (χ3n) is 6.76. The maximum atomic E-state index is 12.5. The molecule has 0 amide bonds. The number of hydrogen-bond acceptors (Lipinski definition) is 3. The summed E-state index contributed by atoms with van der Waals surface area (Å²) >= 11 is 0. The summed E-state index contributed by atoms with van der Waals surface area (Å²) in [7, 11) is 1.47. The van der Waals surface area contributed by atoms with E-state index >= 15 is 0 Å². The van der Waals surface area contributed by atoms with Gasteiger partial charge in [0.1, 0.15) is 5.92 Å². The second kappa shape index (κ2) is 5.37. The first kappa shape index (κ1) is 15.7. The molecule has 4 aliphatic rings. The van der Waals surface area contributed by atoms with Crippen LogP contribution in [-0.4, -0.2) is 18.2 Å². The molecule has 24 heavy (non-hydrogen) atoms. The van der Waals surface area contributed by atoms with Gasteiger partial charge in [-0.3, -0.25) is 4.79 Å². The van der Waals surface area contributed by atoms with E-state index in [2.05, 4.69) is 19.9 Å². The molecule has 4 atom stereocenters. The summed E-state index contributed by atoms with van der Waals surface area (Å²) in [5.41, 5.74) is 5.09. The minimum atomic E-state index is -0.324. The van der Waals surface area contributed by atoms with Crippen molar-refractivity contribution in [2.45, 2.75) is 46.0 Å². The number of methoxy groups -OCH3 is 1. The van der Waals surface area contributed by atoms with Crippen molar-refractivity contribution in [1.82, 2.24) is 0 Å². The maximum Gasteiger partial charge on any atom is 0.317 e. The highest BCUT2D eigenvalue weighted by molar-refractivity contribution is 5.82. The standard InChI is InChI=1S/C21H26O3/c1-12-4-5-16-15(12)6-7-18-19(16)17(20(23)24-3)11-13-10-14(22)8-9-21(13,18)2/h5,10-12,15,17,22H,4,6-9H2,1-3H3. The summed E-state index contributed by atoms with van der Waals surface area (Å²) in [6, 6.07) is 0. The molecule has 1 N–H and O–H groups in total. The molecular weight excluding hydrogens is 300 g/mol. The number of allylic oxidation sites excluding steroid dienone is 6. The zero-order valence-electron chi connectivity index (χ0n) is 14.8. The van der Waals surface area contributed by atoms with Crippen LogP contribution in [0.2, 0.25) is 0 Å². The number of rotatable bonds is 1. The van der Waals surface area contributed by atoms with E-state index in [0.717, 1.165) is 24.8 Å². The third kappa shape index (κ3) is 2.06. The first-order chi connectivity index (χ1) is 11.5. The molecule has 0 bridgehead atoms. The van der Waals surface area contributed by atoms with Crippen molar-refractivity contribution in [3.05, 3.63) is 46.3 Å². The molecule has 4 unspecified atom stereocenters. The van der Waals surface area contributed by atoms with Crippen LogP contribution in [0.15, 0.2) is 46.3 Å². The number of carbonyl (C=O) groups excluding carboxylic acids is 1. The van der Waals surface area contributed by atoms with Gasteiger partial charge in [0, 0.05) is 11.8 Å². The van der Waals surface area contributed by atoms with Crippen molar-refractivity contribution in [2.75, 3.05) is 7.11 Å². The first-order valence-electron chi connectivity index (χ1n) is 9.09. The Labute approximate surface area is 143 Å². The molecule has 0 heterocycles. The lowest BCUT2D eigenvalue weighted by Gasteiger charge is -2.46. The average molecular weight is 326 g/mol. The molecule has 0 aromatic carbocycles. The van der Waals surface area contributed by atoms with E-state index in [1.807, 2.05) is 12.2 Å². The Balaban J connectivity index is 1.89. The number of aliphatic hydroxyl groups excluding tert-OH is 1. The quantitative estimate of drug-likeness (QED) is 0.715. The molecule has 0 saturated heterocycles. The highest BCUT2D eigenvalue weighted by Gasteiger charge is 2.47. The lowest BCUT2D eigenvalue weighted by molar-refractivity contribution is -0.142. The zero-order chi connectivity index (χ0) is 17.1. The van der Waals surface area contributed by atoms with Crippen LogP contribution in [0.1, 0.15) is 46.0 Å². The molecule has 0 fully saturated rings. The van der Waals surface area contributed by atoms with Gasteiger partial charge in [-0.2, -0.15) is 0 Å². The van der Waals surface area contributed by atoms with E-state index in [4.69, 9.17) is 4.74 Å². The minimum Gasteiger partial charge on any atom is -0.512 e. The van der Waals surface area contributed by atoms with Gasteiger partial charge < -0.3 is 9.84 Å². The second-order valence-corrected chi connectivity index (χ2v) is 8.00. The van der Waals surface area contributed by atoms with E-state index in [9.17, 15) is 9.90 Å². The monoisotopic (exact) mass is 326 g/mol. The average Bonchev–Trinajstić information content (AvgIpc) is 2.96. The molecule has 3 heteroatoms. The Bertz CT molecular complexity index is 721. The summed E-state index contributed by atoms with van der Waals surface area (Å²) in [6.07, 6.45) is 11.3. The van der Waals surface area contributed by atoms with E-state index in [1.165, 1.54) is 30.2 Å². The van der Waals surface area contributed by atoms with Gasteiger partial charge in [0.2, 0.25) is 0 Å². The summed E-state index contributed by atoms with van der Waals surface area (Å²) in [5.74, 6) is 1.17. The van der Waals surface area contributed by atoms with Crippen LogP contribution in [0, 0.1) is 23.2 Å². The summed E-state index contributed by atoms with van der Waals surface area (Å²) < 4.78 is 5.13. The van der Waals surface area contributed by atoms with Crippen LogP contribution in [0.25, 0.3) is 0 Å². The summed E-state index contributed by atoms with van der Waals surface area (Å²) in [6.45, 7) is 4.60.